The molecule has 0 atom stereocenters. The minimum Gasteiger partial charge on any atom is -0.322 e. The van der Waals surface area contributed by atoms with E-state index >= 15 is 0 Å². The van der Waals surface area contributed by atoms with Gasteiger partial charge in [0.1, 0.15) is 5.82 Å². The molecule has 0 spiro atoms. The van der Waals surface area contributed by atoms with Crippen LogP contribution in [0.3, 0.4) is 0 Å². The Kier molecular flexibility index (Phi) is 5.35. The first-order chi connectivity index (χ1) is 11.2. The molecule has 5 nitrogen and oxygen atoms in total. The third-order valence-corrected chi connectivity index (χ3v) is 3.69. The normalized spacial score (nSPS) is 11.5. The molecule has 2 N–H and O–H groups in total. The number of anilines is 2. The van der Waals surface area contributed by atoms with Gasteiger partial charge in [0.15, 0.2) is 0 Å². The average Bonchev–Trinajstić information content (AvgIpc) is 2.49. The minimum absolute atomic E-state index is 0.375. The van der Waals surface area contributed by atoms with Crippen LogP contribution in [0.5, 0.6) is 0 Å². The summed E-state index contributed by atoms with van der Waals surface area (Å²) in [6.45, 7) is 1.64. The molecule has 1 amide bonds. The van der Waals surface area contributed by atoms with Crippen molar-refractivity contribution in [2.75, 3.05) is 16.3 Å². The third-order valence-electron chi connectivity index (χ3n) is 3.08. The van der Waals surface area contributed by atoms with Gasteiger partial charge in [0, 0.05) is 17.5 Å². The van der Waals surface area contributed by atoms with E-state index in [1.165, 1.54) is 12.1 Å². The second-order valence-corrected chi connectivity index (χ2v) is 7.03. The van der Waals surface area contributed by atoms with Gasteiger partial charge in [-0.25, -0.2) is 12.8 Å². The maximum atomic E-state index is 13.4. The van der Waals surface area contributed by atoms with Crippen LogP contribution >= 0.6 is 0 Å². The zero-order valence-corrected chi connectivity index (χ0v) is 14.0. The Morgan fingerprint density at radius 1 is 1.08 bits per heavy atom. The number of sulfonamides is 1. The Labute approximate surface area is 140 Å². The van der Waals surface area contributed by atoms with Gasteiger partial charge in [0.05, 0.1) is 6.26 Å². The lowest BCUT2D eigenvalue weighted by atomic mass is 10.2. The Morgan fingerprint density at radius 3 is 2.29 bits per heavy atom. The van der Waals surface area contributed by atoms with Crippen LogP contribution in [0.2, 0.25) is 0 Å². The van der Waals surface area contributed by atoms with Gasteiger partial charge in [-0.3, -0.25) is 9.52 Å². The fraction of sp³-hybridized carbons (Fsp3) is 0.118. The lowest BCUT2D eigenvalue weighted by Gasteiger charge is -2.04. The van der Waals surface area contributed by atoms with Crippen LogP contribution in [0.25, 0.3) is 6.08 Å². The predicted octanol–water partition coefficient (Wildman–Crippen LogP) is 3.16. The second-order valence-electron chi connectivity index (χ2n) is 5.28. The first-order valence-electron chi connectivity index (χ1n) is 7.06. The largest absolute Gasteiger partial charge is 0.322 e. The summed E-state index contributed by atoms with van der Waals surface area (Å²) in [4.78, 5) is 11.8. The quantitative estimate of drug-likeness (QED) is 0.815. The van der Waals surface area contributed by atoms with E-state index in [1.807, 2.05) is 0 Å². The zero-order valence-electron chi connectivity index (χ0n) is 13.2. The topological polar surface area (TPSA) is 75.3 Å². The number of hydrogen-bond donors (Lipinski definition) is 2. The number of rotatable bonds is 5. The number of carbonyl (C=O) groups is 1. The summed E-state index contributed by atoms with van der Waals surface area (Å²) < 4.78 is 38.0. The van der Waals surface area contributed by atoms with Crippen molar-refractivity contribution in [2.24, 2.45) is 0 Å². The van der Waals surface area contributed by atoms with Gasteiger partial charge < -0.3 is 5.32 Å². The van der Waals surface area contributed by atoms with E-state index in [4.69, 9.17) is 0 Å². The standard InChI is InChI=1S/C17H17FN2O3S/c1-12-3-7-15(11-16(12)18)19-17(21)10-6-13-4-8-14(9-5-13)20-24(2,22)23/h3-11,20H,1-2H3,(H,19,21)/b10-6+. The molecule has 0 unspecified atom stereocenters. The molecule has 0 heterocycles. The molecule has 0 saturated heterocycles. The second kappa shape index (κ2) is 7.27. The van der Waals surface area contributed by atoms with Crippen LogP contribution in [0.4, 0.5) is 15.8 Å². The first-order valence-corrected chi connectivity index (χ1v) is 8.95. The van der Waals surface area contributed by atoms with E-state index in [-0.39, 0.29) is 5.82 Å². The van der Waals surface area contributed by atoms with Crippen LogP contribution in [-0.2, 0) is 14.8 Å². The fourth-order valence-electron chi connectivity index (χ4n) is 1.90. The summed E-state index contributed by atoms with van der Waals surface area (Å²) in [5, 5.41) is 2.57. The summed E-state index contributed by atoms with van der Waals surface area (Å²) in [7, 11) is -3.32. The average molecular weight is 348 g/mol. The number of halogens is 1. The number of carbonyl (C=O) groups excluding carboxylic acids is 1. The number of nitrogens with one attached hydrogen (secondary N) is 2. The summed E-state index contributed by atoms with van der Waals surface area (Å²) in [5.74, 6) is -0.776. The molecule has 0 aliphatic rings. The minimum atomic E-state index is -3.32. The van der Waals surface area contributed by atoms with E-state index in [9.17, 15) is 17.6 Å². The van der Waals surface area contributed by atoms with E-state index in [0.29, 0.717) is 16.9 Å². The van der Waals surface area contributed by atoms with Gasteiger partial charge in [-0.2, -0.15) is 0 Å². The van der Waals surface area contributed by atoms with Gasteiger partial charge in [-0.1, -0.05) is 18.2 Å². The Hall–Kier alpha value is -2.67. The molecule has 2 rings (SSSR count). The molecule has 0 bridgehead atoms. The number of amides is 1. The zero-order chi connectivity index (χ0) is 17.7. The maximum Gasteiger partial charge on any atom is 0.248 e. The highest BCUT2D eigenvalue weighted by Crippen LogP contribution is 2.14. The van der Waals surface area contributed by atoms with Crippen molar-refractivity contribution < 1.29 is 17.6 Å². The molecular formula is C17H17FN2O3S. The van der Waals surface area contributed by atoms with Gasteiger partial charge in [0.25, 0.3) is 0 Å². The van der Waals surface area contributed by atoms with Crippen molar-refractivity contribution >= 4 is 33.4 Å². The van der Waals surface area contributed by atoms with E-state index in [1.54, 1.807) is 49.4 Å². The highest BCUT2D eigenvalue weighted by molar-refractivity contribution is 7.92. The Bertz CT molecular complexity index is 875. The Morgan fingerprint density at radius 2 is 1.71 bits per heavy atom. The Balaban J connectivity index is 1.99. The van der Waals surface area contributed by atoms with Crippen molar-refractivity contribution in [3.63, 3.8) is 0 Å². The number of benzene rings is 2. The molecular weight excluding hydrogens is 331 g/mol. The predicted molar refractivity (Wildman–Crippen MR) is 93.7 cm³/mol. The van der Waals surface area contributed by atoms with Crippen LogP contribution in [0.15, 0.2) is 48.5 Å². The fourth-order valence-corrected chi connectivity index (χ4v) is 2.47. The summed E-state index contributed by atoms with van der Waals surface area (Å²) in [6.07, 6.45) is 3.96. The monoisotopic (exact) mass is 348 g/mol. The van der Waals surface area contributed by atoms with Crippen LogP contribution in [0.1, 0.15) is 11.1 Å². The van der Waals surface area contributed by atoms with Crippen molar-refractivity contribution in [3.8, 4) is 0 Å². The number of aryl methyl sites for hydroxylation is 1. The summed E-state index contributed by atoms with van der Waals surface area (Å²) in [6, 6.07) is 11.0. The number of hydrogen-bond acceptors (Lipinski definition) is 3. The summed E-state index contributed by atoms with van der Waals surface area (Å²) >= 11 is 0. The van der Waals surface area contributed by atoms with E-state index in [0.717, 1.165) is 11.8 Å². The third kappa shape index (κ3) is 5.51. The van der Waals surface area contributed by atoms with Crippen LogP contribution in [0, 0.1) is 12.7 Å². The molecule has 0 aliphatic carbocycles. The molecule has 0 aromatic heterocycles. The lowest BCUT2D eigenvalue weighted by Crippen LogP contribution is -2.09. The van der Waals surface area contributed by atoms with Gasteiger partial charge in [0.2, 0.25) is 15.9 Å². The van der Waals surface area contributed by atoms with Gasteiger partial charge >= 0.3 is 0 Å². The molecule has 0 fully saturated rings. The van der Waals surface area contributed by atoms with Crippen molar-refractivity contribution in [1.82, 2.24) is 0 Å². The lowest BCUT2D eigenvalue weighted by molar-refractivity contribution is -0.111. The highest BCUT2D eigenvalue weighted by atomic mass is 32.2. The summed E-state index contributed by atoms with van der Waals surface area (Å²) in [5.41, 5.74) is 2.04. The molecule has 0 saturated carbocycles. The molecule has 2 aromatic carbocycles. The molecule has 0 radical (unpaired) electrons. The van der Waals surface area contributed by atoms with E-state index in [2.05, 4.69) is 10.0 Å². The van der Waals surface area contributed by atoms with Gasteiger partial charge in [-0.15, -0.1) is 0 Å². The highest BCUT2D eigenvalue weighted by Gasteiger charge is 2.03. The van der Waals surface area contributed by atoms with Crippen LogP contribution in [-0.4, -0.2) is 20.6 Å². The SMILES string of the molecule is Cc1ccc(NC(=O)/C=C/c2ccc(NS(C)(=O)=O)cc2)cc1F. The molecule has 2 aromatic rings. The molecule has 7 heteroatoms. The van der Waals surface area contributed by atoms with Crippen LogP contribution < -0.4 is 10.0 Å². The van der Waals surface area contributed by atoms with Crippen molar-refractivity contribution in [3.05, 3.63) is 65.5 Å². The first kappa shape index (κ1) is 17.7. The maximum absolute atomic E-state index is 13.4. The smallest absolute Gasteiger partial charge is 0.248 e. The van der Waals surface area contributed by atoms with Gasteiger partial charge in [-0.05, 0) is 48.4 Å². The molecule has 24 heavy (non-hydrogen) atoms. The van der Waals surface area contributed by atoms with Crippen molar-refractivity contribution in [2.45, 2.75) is 6.92 Å². The van der Waals surface area contributed by atoms with E-state index < -0.39 is 15.9 Å². The molecule has 0 aliphatic heterocycles. The van der Waals surface area contributed by atoms with Crippen molar-refractivity contribution in [1.29, 1.82) is 0 Å². The molecule has 126 valence electrons.